The monoisotopic (exact) mass is 553 g/mol. The van der Waals surface area contributed by atoms with Gasteiger partial charge in [0.15, 0.2) is 11.6 Å². The fourth-order valence-electron chi connectivity index (χ4n) is 4.97. The van der Waals surface area contributed by atoms with Crippen molar-refractivity contribution in [2.45, 2.75) is 26.0 Å². The number of para-hydroxylation sites is 1. The van der Waals surface area contributed by atoms with Crippen molar-refractivity contribution in [2.75, 3.05) is 0 Å². The molecule has 1 aliphatic carbocycles. The smallest absolute Gasteiger partial charge is 0.238 e. The van der Waals surface area contributed by atoms with Gasteiger partial charge in [0, 0.05) is 35.5 Å². The van der Waals surface area contributed by atoms with Gasteiger partial charge in [0.2, 0.25) is 5.95 Å². The summed E-state index contributed by atoms with van der Waals surface area (Å²) in [5, 5.41) is -1.16. The zero-order chi connectivity index (χ0) is 49.3. The summed E-state index contributed by atoms with van der Waals surface area (Å²) in [5.74, 6) is -2.61. The third-order valence-corrected chi connectivity index (χ3v) is 6.68. The first-order chi connectivity index (χ1) is 30.4. The van der Waals surface area contributed by atoms with Crippen molar-refractivity contribution in [3.05, 3.63) is 131 Å². The molecule has 8 rings (SSSR count). The standard InChI is InChI=1S/C37H28N4/c1-23-13-12-19-27-28-21-29-26-18-10-11-20-31(26)41(32(29)22-30(28)37(2,3)33(23)27)36-39-34(24-14-6-4-7-15-24)38-35(40-36)25-16-8-5-9-17-25/h4-22H,1-3H3/i2D3,3D3,4D,5D,6D,7D,8D,9D,10D,11D,12D,13D,14D,15D,16D,17D,18D,19D,20D,21D,22D. The Labute approximate surface area is 274 Å². The van der Waals surface area contributed by atoms with Gasteiger partial charge in [0.25, 0.3) is 0 Å². The molecule has 4 heteroatoms. The highest BCUT2D eigenvalue weighted by atomic mass is 15.2. The Morgan fingerprint density at radius 1 is 0.634 bits per heavy atom. The minimum atomic E-state index is -3.71. The Hall–Kier alpha value is -5.09. The van der Waals surface area contributed by atoms with Gasteiger partial charge < -0.3 is 0 Å². The molecular formula is C37H28N4. The second-order valence-corrected chi connectivity index (χ2v) is 9.07. The first-order valence-electron chi connectivity index (χ1n) is 24.5. The Kier molecular flexibility index (Phi) is 2.01. The van der Waals surface area contributed by atoms with Gasteiger partial charge >= 0.3 is 0 Å². The van der Waals surface area contributed by atoms with E-state index in [2.05, 4.69) is 15.0 Å². The predicted molar refractivity (Wildman–Crippen MR) is 167 cm³/mol. The van der Waals surface area contributed by atoms with Crippen LogP contribution in [0.3, 0.4) is 0 Å². The average molecular weight is 554 g/mol. The average Bonchev–Trinajstić information content (AvgIpc) is 3.80. The lowest BCUT2D eigenvalue weighted by Crippen LogP contribution is -2.16. The molecule has 0 saturated carbocycles. The number of nitrogens with zero attached hydrogens (tertiary/aromatic N) is 4. The predicted octanol–water partition coefficient (Wildman–Crippen LogP) is 8.92. The molecular weight excluding hydrogens is 500 g/mol. The third-order valence-electron chi connectivity index (χ3n) is 6.68. The molecule has 5 aromatic carbocycles. The maximum atomic E-state index is 9.95. The number of rotatable bonds is 3. The van der Waals surface area contributed by atoms with Crippen molar-refractivity contribution < 1.29 is 34.3 Å². The second-order valence-electron chi connectivity index (χ2n) is 9.07. The summed E-state index contributed by atoms with van der Waals surface area (Å²) in [6, 6.07) is -16.9. The van der Waals surface area contributed by atoms with Crippen LogP contribution >= 0.6 is 0 Å². The van der Waals surface area contributed by atoms with Gasteiger partial charge in [0.05, 0.1) is 37.1 Å². The van der Waals surface area contributed by atoms with E-state index in [4.69, 9.17) is 30.2 Å². The van der Waals surface area contributed by atoms with E-state index in [0.717, 1.165) is 6.92 Å². The van der Waals surface area contributed by atoms with E-state index < -0.39 is 207 Å². The summed E-state index contributed by atoms with van der Waals surface area (Å²) in [6.45, 7) is -6.27. The molecule has 0 amide bonds. The van der Waals surface area contributed by atoms with Crippen LogP contribution in [0, 0.1) is 6.92 Å². The van der Waals surface area contributed by atoms with Crippen molar-refractivity contribution >= 4 is 21.8 Å². The van der Waals surface area contributed by atoms with E-state index in [1.54, 1.807) is 0 Å². The number of hydrogen-bond donors (Lipinski definition) is 0. The molecule has 0 fully saturated rings. The number of aromatic nitrogens is 4. The Balaban J connectivity index is 1.72. The summed E-state index contributed by atoms with van der Waals surface area (Å²) in [5.41, 5.74) is -9.53. The Morgan fingerprint density at radius 3 is 1.98 bits per heavy atom. The second kappa shape index (κ2) is 8.70. The largest absolute Gasteiger partial charge is 0.278 e. The molecule has 0 aliphatic heterocycles. The molecule has 1 aliphatic rings. The molecule has 0 atom stereocenters. The molecule has 0 bridgehead atoms. The lowest BCUT2D eigenvalue weighted by atomic mass is 9.80. The van der Waals surface area contributed by atoms with Gasteiger partial charge in [-0.3, -0.25) is 4.57 Å². The molecule has 0 spiro atoms. The van der Waals surface area contributed by atoms with Crippen molar-refractivity contribution in [2.24, 2.45) is 0 Å². The fraction of sp³-hybridized carbons (Fsp3) is 0.108. The topological polar surface area (TPSA) is 43.6 Å². The van der Waals surface area contributed by atoms with Crippen LogP contribution in [0.25, 0.3) is 61.7 Å². The molecule has 41 heavy (non-hydrogen) atoms. The minimum Gasteiger partial charge on any atom is -0.278 e. The van der Waals surface area contributed by atoms with Gasteiger partial charge in [0.1, 0.15) is 0 Å². The lowest BCUT2D eigenvalue weighted by Gasteiger charge is -2.23. The van der Waals surface area contributed by atoms with E-state index >= 15 is 0 Å². The van der Waals surface area contributed by atoms with E-state index in [1.807, 2.05) is 0 Å². The highest BCUT2D eigenvalue weighted by molar-refractivity contribution is 6.11. The molecule has 4 nitrogen and oxygen atoms in total. The minimum absolute atomic E-state index is 0.378. The fourth-order valence-corrected chi connectivity index (χ4v) is 4.97. The summed E-state index contributed by atoms with van der Waals surface area (Å²) in [6.07, 6.45) is 0. The van der Waals surface area contributed by atoms with Gasteiger partial charge in [-0.25, -0.2) is 4.98 Å². The van der Waals surface area contributed by atoms with Gasteiger partial charge in [-0.2, -0.15) is 9.97 Å². The van der Waals surface area contributed by atoms with Crippen LogP contribution in [0.4, 0.5) is 0 Å². The molecule has 0 N–H and O–H groups in total. The maximum Gasteiger partial charge on any atom is 0.238 e. The molecule has 196 valence electrons. The molecule has 2 aromatic heterocycles. The van der Waals surface area contributed by atoms with Crippen molar-refractivity contribution in [3.8, 4) is 39.9 Å². The van der Waals surface area contributed by atoms with E-state index in [0.29, 0.717) is 4.57 Å². The van der Waals surface area contributed by atoms with Crippen LogP contribution < -0.4 is 0 Å². The SMILES string of the molecule is [2H]c1c([2H])c([2H])c(-c2nc(-c3c([2H])c([2H])c([2H])c([2H])c3[2H])nc(-n3c4c([2H])c([2H])c([2H])c([2H])c4c4c([2H])c5c(c([2H])c43)C(C([2H])([2H])[2H])(C([2H])([2H])[2H])c3c(C)c([2H])c([2H])c([2H])c3-5)n2)c([2H])c1[2H]. The molecule has 2 heterocycles. The quantitative estimate of drug-likeness (QED) is 0.219. The summed E-state index contributed by atoms with van der Waals surface area (Å²) < 4.78 is 220. The molecule has 0 unspecified atom stereocenters. The van der Waals surface area contributed by atoms with Crippen molar-refractivity contribution in [1.82, 2.24) is 19.5 Å². The Morgan fingerprint density at radius 2 is 1.29 bits per heavy atom. The first-order valence-corrected chi connectivity index (χ1v) is 12.0. The third kappa shape index (κ3) is 3.50. The zero-order valence-electron chi connectivity index (χ0n) is 45.8. The van der Waals surface area contributed by atoms with Crippen molar-refractivity contribution in [3.63, 3.8) is 0 Å². The van der Waals surface area contributed by atoms with E-state index in [-0.39, 0.29) is 5.56 Å². The van der Waals surface area contributed by atoms with Crippen LogP contribution in [-0.4, -0.2) is 19.5 Å². The normalized spacial score (nSPS) is 22.7. The van der Waals surface area contributed by atoms with E-state index in [9.17, 15) is 4.11 Å². The number of fused-ring (bicyclic) bond motifs is 6. The summed E-state index contributed by atoms with van der Waals surface area (Å²) >= 11 is 0. The van der Waals surface area contributed by atoms with Crippen LogP contribution in [0.2, 0.25) is 0 Å². The lowest BCUT2D eigenvalue weighted by molar-refractivity contribution is 0.656. The van der Waals surface area contributed by atoms with Crippen LogP contribution in [0.15, 0.2) is 115 Å². The highest BCUT2D eigenvalue weighted by Crippen LogP contribution is 2.52. The molecule has 7 aromatic rings. The van der Waals surface area contributed by atoms with Gasteiger partial charge in [-0.15, -0.1) is 0 Å². The maximum absolute atomic E-state index is 9.95. The number of benzene rings is 5. The van der Waals surface area contributed by atoms with Gasteiger partial charge in [-0.1, -0.05) is 110 Å². The first kappa shape index (κ1) is 9.49. The van der Waals surface area contributed by atoms with Crippen LogP contribution in [-0.2, 0) is 5.41 Å². The van der Waals surface area contributed by atoms with Crippen LogP contribution in [0.1, 0.15) is 64.7 Å². The van der Waals surface area contributed by atoms with Gasteiger partial charge in [-0.05, 0) is 52.9 Å². The van der Waals surface area contributed by atoms with E-state index in [1.165, 1.54) is 0 Å². The molecule has 0 radical (unpaired) electrons. The van der Waals surface area contributed by atoms with Crippen molar-refractivity contribution in [1.29, 1.82) is 0 Å². The van der Waals surface area contributed by atoms with Crippen LogP contribution in [0.5, 0.6) is 0 Å². The molecule has 0 saturated heterocycles. The highest BCUT2D eigenvalue weighted by Gasteiger charge is 2.37. The summed E-state index contributed by atoms with van der Waals surface area (Å²) in [7, 11) is 0. The summed E-state index contributed by atoms with van der Waals surface area (Å²) in [4.78, 5) is 12.9. The Bertz CT molecular complexity index is 3250. The zero-order valence-corrected chi connectivity index (χ0v) is 20.8. The number of hydrogen-bond acceptors (Lipinski definition) is 3.